The average Bonchev–Trinajstić information content (AvgIpc) is 2.98. The minimum absolute atomic E-state index is 0.0602. The monoisotopic (exact) mass is 384 g/mol. The Kier molecular flexibility index (Phi) is 6.27. The summed E-state index contributed by atoms with van der Waals surface area (Å²) in [4.78, 5) is 19.6. The number of hydrogen-bond donors (Lipinski definition) is 3. The fraction of sp³-hybridized carbons (Fsp3) is 0.636. The van der Waals surface area contributed by atoms with Crippen molar-refractivity contribution in [3.63, 3.8) is 0 Å². The lowest BCUT2D eigenvalue weighted by atomic mass is 10.00. The van der Waals surface area contributed by atoms with Crippen LogP contribution in [0.5, 0.6) is 0 Å². The number of aromatic nitrogens is 2. The smallest absolute Gasteiger partial charge is 0.251 e. The molecule has 6 nitrogen and oxygen atoms in total. The number of rotatable bonds is 5. The van der Waals surface area contributed by atoms with Crippen molar-refractivity contribution >= 4 is 16.7 Å². The molecule has 152 valence electrons. The molecular weight excluding hydrogens is 352 g/mol. The molecule has 2 aliphatic rings. The highest BCUT2D eigenvalue weighted by Crippen LogP contribution is 2.25. The molecule has 1 saturated heterocycles. The number of ether oxygens (including phenoxy) is 1. The van der Waals surface area contributed by atoms with Gasteiger partial charge in [-0.3, -0.25) is 4.79 Å². The quantitative estimate of drug-likeness (QED) is 0.689. The zero-order chi connectivity index (χ0) is 19.3. The minimum atomic E-state index is -0.0602. The van der Waals surface area contributed by atoms with Gasteiger partial charge in [0.15, 0.2) is 5.82 Å². The van der Waals surface area contributed by atoms with Gasteiger partial charge in [0.2, 0.25) is 0 Å². The van der Waals surface area contributed by atoms with E-state index in [1.807, 2.05) is 19.1 Å². The summed E-state index contributed by atoms with van der Waals surface area (Å²) >= 11 is 0. The summed E-state index contributed by atoms with van der Waals surface area (Å²) in [6, 6.07) is 4.05. The number of piperidine rings is 1. The molecule has 0 spiro atoms. The fourth-order valence-corrected chi connectivity index (χ4v) is 4.48. The van der Waals surface area contributed by atoms with Gasteiger partial charge in [-0.05, 0) is 50.8 Å². The lowest BCUT2D eigenvalue weighted by molar-refractivity contribution is 0.00568. The van der Waals surface area contributed by atoms with Crippen LogP contribution in [0, 0.1) is 12.8 Å². The number of fused-ring (bicyclic) bond motifs is 1. The van der Waals surface area contributed by atoms with Crippen molar-refractivity contribution in [2.45, 2.75) is 64.0 Å². The molecule has 2 aromatic rings. The van der Waals surface area contributed by atoms with Gasteiger partial charge in [0, 0.05) is 30.3 Å². The maximum Gasteiger partial charge on any atom is 0.251 e. The first kappa shape index (κ1) is 19.4. The predicted octanol–water partition coefficient (Wildman–Crippen LogP) is 3.36. The van der Waals surface area contributed by atoms with Gasteiger partial charge in [0.05, 0.1) is 17.7 Å². The highest BCUT2D eigenvalue weighted by atomic mass is 16.5. The number of aromatic amines is 1. The Bertz CT molecular complexity index is 842. The summed E-state index contributed by atoms with van der Waals surface area (Å²) < 4.78 is 6.39. The molecule has 0 unspecified atom stereocenters. The molecule has 2 atom stereocenters. The summed E-state index contributed by atoms with van der Waals surface area (Å²) in [7, 11) is 0. The topological polar surface area (TPSA) is 79.0 Å². The largest absolute Gasteiger partial charge is 0.374 e. The molecule has 1 aliphatic carbocycles. The van der Waals surface area contributed by atoms with Crippen molar-refractivity contribution in [3.05, 3.63) is 34.2 Å². The van der Waals surface area contributed by atoms with Crippen LogP contribution in [0.2, 0.25) is 0 Å². The summed E-state index contributed by atoms with van der Waals surface area (Å²) in [5, 5.41) is 8.04. The number of nitrogens with zero attached hydrogens (tertiary/aromatic N) is 1. The third-order valence-electron chi connectivity index (χ3n) is 6.22. The van der Waals surface area contributed by atoms with E-state index in [4.69, 9.17) is 4.74 Å². The Morgan fingerprint density at radius 2 is 2.04 bits per heavy atom. The molecule has 28 heavy (non-hydrogen) atoms. The van der Waals surface area contributed by atoms with Crippen LogP contribution in [-0.4, -0.2) is 41.8 Å². The number of anilines is 1. The number of H-pyrrole nitrogens is 1. The van der Waals surface area contributed by atoms with Crippen molar-refractivity contribution in [1.82, 2.24) is 15.3 Å². The van der Waals surface area contributed by atoms with Crippen LogP contribution in [-0.2, 0) is 4.74 Å². The molecule has 0 amide bonds. The van der Waals surface area contributed by atoms with E-state index in [9.17, 15) is 4.79 Å². The highest BCUT2D eigenvalue weighted by molar-refractivity contribution is 5.88. The minimum Gasteiger partial charge on any atom is -0.374 e. The Hall–Kier alpha value is -1.92. The molecule has 0 bridgehead atoms. The maximum absolute atomic E-state index is 12.1. The Balaban J connectivity index is 1.47. The zero-order valence-electron chi connectivity index (χ0n) is 16.8. The first-order valence-electron chi connectivity index (χ1n) is 10.8. The maximum atomic E-state index is 12.1. The molecule has 0 aromatic carbocycles. The van der Waals surface area contributed by atoms with Crippen LogP contribution in [0.15, 0.2) is 23.1 Å². The van der Waals surface area contributed by atoms with Crippen LogP contribution in [0.3, 0.4) is 0 Å². The Labute approximate surface area is 166 Å². The van der Waals surface area contributed by atoms with Gasteiger partial charge >= 0.3 is 0 Å². The first-order valence-corrected chi connectivity index (χ1v) is 10.8. The van der Waals surface area contributed by atoms with Crippen molar-refractivity contribution in [3.8, 4) is 0 Å². The normalized spacial score (nSPS) is 24.2. The lowest BCUT2D eigenvalue weighted by Gasteiger charge is -2.34. The van der Waals surface area contributed by atoms with Gasteiger partial charge in [-0.25, -0.2) is 4.98 Å². The van der Waals surface area contributed by atoms with E-state index < -0.39 is 0 Å². The second kappa shape index (κ2) is 9.05. The van der Waals surface area contributed by atoms with Gasteiger partial charge in [0.1, 0.15) is 0 Å². The lowest BCUT2D eigenvalue weighted by Crippen LogP contribution is -2.49. The van der Waals surface area contributed by atoms with E-state index in [0.717, 1.165) is 48.4 Å². The van der Waals surface area contributed by atoms with E-state index >= 15 is 0 Å². The number of pyridine rings is 2. The fourth-order valence-electron chi connectivity index (χ4n) is 4.48. The molecule has 3 N–H and O–H groups in total. The van der Waals surface area contributed by atoms with Crippen LogP contribution in [0.1, 0.15) is 50.5 Å². The standard InChI is InChI=1S/C22H32N4O2/c1-15-12-17-8-11-24-21(20(17)26-22(15)27)25-18-9-10-23-13-19(18)28-14-16-6-4-2-3-5-7-16/h8,11-12,16,18-19,23H,2-7,9-10,13-14H2,1H3,(H,24,25)(H,26,27)/t18-,19+/m0/s1. The molecule has 3 heterocycles. The Morgan fingerprint density at radius 3 is 2.86 bits per heavy atom. The van der Waals surface area contributed by atoms with Gasteiger partial charge in [-0.1, -0.05) is 25.7 Å². The van der Waals surface area contributed by atoms with Crippen LogP contribution in [0.25, 0.3) is 10.9 Å². The van der Waals surface area contributed by atoms with Crippen molar-refractivity contribution < 1.29 is 4.74 Å². The van der Waals surface area contributed by atoms with Crippen molar-refractivity contribution in [1.29, 1.82) is 0 Å². The molecule has 2 fully saturated rings. The molecule has 4 rings (SSSR count). The molecule has 6 heteroatoms. The van der Waals surface area contributed by atoms with Crippen LogP contribution >= 0.6 is 0 Å². The molecule has 0 radical (unpaired) electrons. The number of hydrogen-bond acceptors (Lipinski definition) is 5. The third kappa shape index (κ3) is 4.55. The zero-order valence-corrected chi connectivity index (χ0v) is 16.8. The molecule has 2 aromatic heterocycles. The van der Waals surface area contributed by atoms with E-state index in [2.05, 4.69) is 20.6 Å². The summed E-state index contributed by atoms with van der Waals surface area (Å²) in [5.74, 6) is 1.43. The van der Waals surface area contributed by atoms with Gasteiger partial charge < -0.3 is 20.4 Å². The third-order valence-corrected chi connectivity index (χ3v) is 6.22. The molecule has 1 aliphatic heterocycles. The number of aryl methyl sites for hydroxylation is 1. The summed E-state index contributed by atoms with van der Waals surface area (Å²) in [6.45, 7) is 4.49. The van der Waals surface area contributed by atoms with Gasteiger partial charge in [-0.15, -0.1) is 0 Å². The molecule has 1 saturated carbocycles. The van der Waals surface area contributed by atoms with E-state index in [-0.39, 0.29) is 17.7 Å². The first-order chi connectivity index (χ1) is 13.7. The van der Waals surface area contributed by atoms with Gasteiger partial charge in [-0.2, -0.15) is 0 Å². The van der Waals surface area contributed by atoms with E-state index in [1.165, 1.54) is 38.5 Å². The second-order valence-electron chi connectivity index (χ2n) is 8.38. The average molecular weight is 385 g/mol. The second-order valence-corrected chi connectivity index (χ2v) is 8.38. The predicted molar refractivity (Wildman–Crippen MR) is 113 cm³/mol. The van der Waals surface area contributed by atoms with Crippen molar-refractivity contribution in [2.24, 2.45) is 5.92 Å². The Morgan fingerprint density at radius 1 is 1.21 bits per heavy atom. The SMILES string of the molecule is Cc1cc2ccnc(N[C@H]3CCNC[C@H]3OCC3CCCCCC3)c2[nH]c1=O. The van der Waals surface area contributed by atoms with E-state index in [0.29, 0.717) is 5.92 Å². The molecular formula is C22H32N4O2. The summed E-state index contributed by atoms with van der Waals surface area (Å²) in [6.07, 6.45) is 10.9. The van der Waals surface area contributed by atoms with Crippen LogP contribution < -0.4 is 16.2 Å². The van der Waals surface area contributed by atoms with Crippen molar-refractivity contribution in [2.75, 3.05) is 25.0 Å². The highest BCUT2D eigenvalue weighted by Gasteiger charge is 2.27. The number of nitrogens with one attached hydrogen (secondary N) is 3. The van der Waals surface area contributed by atoms with E-state index in [1.54, 1.807) is 6.20 Å². The summed E-state index contributed by atoms with van der Waals surface area (Å²) in [5.41, 5.74) is 1.44. The van der Waals surface area contributed by atoms with Gasteiger partial charge in [0.25, 0.3) is 5.56 Å². The van der Waals surface area contributed by atoms with Crippen LogP contribution in [0.4, 0.5) is 5.82 Å².